The van der Waals surface area contributed by atoms with Gasteiger partial charge in [-0.15, -0.1) is 0 Å². The second-order valence-electron chi connectivity index (χ2n) is 4.37. The third kappa shape index (κ3) is 2.32. The second-order valence-corrected chi connectivity index (χ2v) is 5.70. The van der Waals surface area contributed by atoms with Crippen LogP contribution in [-0.2, 0) is 11.4 Å². The number of carbonyl (C=O) groups excluding carboxylic acids is 1. The van der Waals surface area contributed by atoms with Crippen LogP contribution in [0, 0.1) is 11.6 Å². The van der Waals surface area contributed by atoms with E-state index in [1.807, 2.05) is 0 Å². The van der Waals surface area contributed by atoms with Crippen molar-refractivity contribution in [2.24, 2.45) is 0 Å². The van der Waals surface area contributed by atoms with Crippen molar-refractivity contribution in [2.45, 2.75) is 4.90 Å². The lowest BCUT2D eigenvalue weighted by Gasteiger charge is -2.12. The first kappa shape index (κ1) is 13.8. The van der Waals surface area contributed by atoms with Crippen molar-refractivity contribution in [1.29, 1.82) is 0 Å². The molecule has 2 aromatic carbocycles. The molecule has 3 nitrogen and oxygen atoms in total. The highest BCUT2D eigenvalue weighted by atomic mass is 32.2. The summed E-state index contributed by atoms with van der Waals surface area (Å²) in [7, 11) is 0. The molecule has 1 atom stereocenters. The number of aldehydes is 1. The van der Waals surface area contributed by atoms with Crippen LogP contribution in [0.3, 0.4) is 0 Å². The molecular formula is C15H9F2NO2S. The van der Waals surface area contributed by atoms with Crippen LogP contribution in [0.25, 0.3) is 10.9 Å². The van der Waals surface area contributed by atoms with Gasteiger partial charge < -0.3 is 4.55 Å². The van der Waals surface area contributed by atoms with Crippen molar-refractivity contribution in [1.82, 2.24) is 3.97 Å². The van der Waals surface area contributed by atoms with E-state index in [-0.39, 0.29) is 11.2 Å². The van der Waals surface area contributed by atoms with Gasteiger partial charge in [0.2, 0.25) is 0 Å². The maximum atomic E-state index is 13.4. The highest BCUT2D eigenvalue weighted by Gasteiger charge is 2.22. The second kappa shape index (κ2) is 5.31. The summed E-state index contributed by atoms with van der Waals surface area (Å²) in [6.45, 7) is 0. The Balaban J connectivity index is 2.25. The van der Waals surface area contributed by atoms with Gasteiger partial charge in [-0.25, -0.2) is 8.78 Å². The van der Waals surface area contributed by atoms with Crippen molar-refractivity contribution in [2.75, 3.05) is 0 Å². The molecule has 0 aliphatic carbocycles. The van der Waals surface area contributed by atoms with Crippen LogP contribution in [0.15, 0.2) is 53.4 Å². The molecule has 0 saturated heterocycles. The molecule has 0 aliphatic rings. The van der Waals surface area contributed by atoms with Gasteiger partial charge in [-0.2, -0.15) is 3.97 Å². The standard InChI is InChI=1S/C15H9F2NO2S/c16-13-7-10-6-11(9-19)18(15(10)8-14(13)17)21(20)12-4-2-1-3-5-12/h1-9H. The smallest absolute Gasteiger partial charge is 0.180 e. The Morgan fingerprint density at radius 3 is 2.38 bits per heavy atom. The topological polar surface area (TPSA) is 45.1 Å². The van der Waals surface area contributed by atoms with Crippen LogP contribution in [0.4, 0.5) is 8.78 Å². The molecule has 3 aromatic rings. The molecular weight excluding hydrogens is 296 g/mol. The Hall–Kier alpha value is -2.18. The first-order valence-electron chi connectivity index (χ1n) is 6.05. The molecule has 0 saturated carbocycles. The van der Waals surface area contributed by atoms with Crippen molar-refractivity contribution in [3.63, 3.8) is 0 Å². The Bertz CT molecular complexity index is 817. The number of halogens is 2. The molecule has 0 amide bonds. The average Bonchev–Trinajstić information content (AvgIpc) is 2.85. The van der Waals surface area contributed by atoms with Gasteiger partial charge in [0.25, 0.3) is 0 Å². The lowest BCUT2D eigenvalue weighted by Crippen LogP contribution is -2.15. The van der Waals surface area contributed by atoms with Gasteiger partial charge in [0, 0.05) is 11.5 Å². The lowest BCUT2D eigenvalue weighted by atomic mass is 10.2. The van der Waals surface area contributed by atoms with Gasteiger partial charge in [-0.3, -0.25) is 4.79 Å². The maximum absolute atomic E-state index is 13.4. The van der Waals surface area contributed by atoms with E-state index in [1.165, 1.54) is 10.0 Å². The summed E-state index contributed by atoms with van der Waals surface area (Å²) in [6, 6.07) is 11.8. The molecule has 1 aromatic heterocycles. The van der Waals surface area contributed by atoms with Crippen LogP contribution in [0.1, 0.15) is 10.5 Å². The first-order valence-corrected chi connectivity index (χ1v) is 7.15. The molecule has 1 heterocycles. The van der Waals surface area contributed by atoms with E-state index in [0.717, 1.165) is 12.1 Å². The Labute approximate surface area is 122 Å². The van der Waals surface area contributed by atoms with Crippen molar-refractivity contribution < 1.29 is 18.1 Å². The number of benzene rings is 2. The summed E-state index contributed by atoms with van der Waals surface area (Å²) in [5.74, 6) is -2.06. The Kier molecular flexibility index (Phi) is 3.48. The van der Waals surface area contributed by atoms with Gasteiger partial charge in [0.1, 0.15) is 22.6 Å². The summed E-state index contributed by atoms with van der Waals surface area (Å²) < 4.78 is 40.5. The predicted molar refractivity (Wildman–Crippen MR) is 75.5 cm³/mol. The summed E-state index contributed by atoms with van der Waals surface area (Å²) >= 11 is -1.72. The van der Waals surface area contributed by atoms with E-state index < -0.39 is 23.0 Å². The molecule has 0 bridgehead atoms. The average molecular weight is 305 g/mol. The summed E-state index contributed by atoms with van der Waals surface area (Å²) in [5, 5.41) is 0.320. The number of fused-ring (bicyclic) bond motifs is 1. The van der Waals surface area contributed by atoms with E-state index >= 15 is 0 Å². The maximum Gasteiger partial charge on any atom is 0.180 e. The molecule has 6 heteroatoms. The highest BCUT2D eigenvalue weighted by Crippen LogP contribution is 2.26. The minimum atomic E-state index is -1.72. The monoisotopic (exact) mass is 305 g/mol. The Morgan fingerprint density at radius 2 is 1.71 bits per heavy atom. The van der Waals surface area contributed by atoms with Crippen LogP contribution in [-0.4, -0.2) is 14.8 Å². The van der Waals surface area contributed by atoms with Gasteiger partial charge in [-0.1, -0.05) is 18.2 Å². The lowest BCUT2D eigenvalue weighted by molar-refractivity contribution is 0.111. The third-order valence-corrected chi connectivity index (χ3v) is 4.47. The summed E-state index contributed by atoms with van der Waals surface area (Å²) in [6.07, 6.45) is 0.511. The van der Waals surface area contributed by atoms with Crippen LogP contribution in [0.2, 0.25) is 0 Å². The molecule has 21 heavy (non-hydrogen) atoms. The number of hydrogen-bond donors (Lipinski definition) is 0. The molecule has 3 rings (SSSR count). The molecule has 0 N–H and O–H groups in total. The SMILES string of the molecule is O=Cc1cc2cc(F)c(F)cc2n1[S+]([O-])c1ccccc1. The number of aromatic nitrogens is 1. The molecule has 0 radical (unpaired) electrons. The fourth-order valence-corrected chi connectivity index (χ4v) is 3.33. The molecule has 0 fully saturated rings. The van der Waals surface area contributed by atoms with E-state index in [9.17, 15) is 18.1 Å². The molecule has 1 unspecified atom stereocenters. The fraction of sp³-hybridized carbons (Fsp3) is 0. The zero-order chi connectivity index (χ0) is 15.0. The van der Waals surface area contributed by atoms with Gasteiger partial charge in [0.05, 0.1) is 0 Å². The number of hydrogen-bond acceptors (Lipinski definition) is 2. The summed E-state index contributed by atoms with van der Waals surface area (Å²) in [5.41, 5.74) is 0.301. The van der Waals surface area contributed by atoms with E-state index in [0.29, 0.717) is 16.6 Å². The highest BCUT2D eigenvalue weighted by molar-refractivity contribution is 7.90. The summed E-state index contributed by atoms with van der Waals surface area (Å²) in [4.78, 5) is 11.6. The third-order valence-electron chi connectivity index (χ3n) is 3.06. The van der Waals surface area contributed by atoms with Crippen molar-refractivity contribution in [3.8, 4) is 0 Å². The largest absolute Gasteiger partial charge is 0.587 e. The quantitative estimate of drug-likeness (QED) is 0.550. The molecule has 106 valence electrons. The zero-order valence-electron chi connectivity index (χ0n) is 10.6. The minimum Gasteiger partial charge on any atom is -0.587 e. The van der Waals surface area contributed by atoms with E-state index in [2.05, 4.69) is 0 Å². The fourth-order valence-electron chi connectivity index (χ4n) is 2.11. The number of carbonyl (C=O) groups is 1. The van der Waals surface area contributed by atoms with Gasteiger partial charge in [0.15, 0.2) is 22.8 Å². The van der Waals surface area contributed by atoms with Crippen LogP contribution >= 0.6 is 0 Å². The van der Waals surface area contributed by atoms with Crippen molar-refractivity contribution >= 4 is 28.6 Å². The number of rotatable bonds is 3. The van der Waals surface area contributed by atoms with E-state index in [1.54, 1.807) is 30.3 Å². The normalized spacial score (nSPS) is 12.5. The van der Waals surface area contributed by atoms with Crippen LogP contribution < -0.4 is 0 Å². The number of nitrogens with zero attached hydrogens (tertiary/aromatic N) is 1. The first-order chi connectivity index (χ1) is 10.1. The molecule has 0 spiro atoms. The minimum absolute atomic E-state index is 0.0946. The molecule has 0 aliphatic heterocycles. The van der Waals surface area contributed by atoms with Gasteiger partial charge in [-0.05, 0) is 24.3 Å². The van der Waals surface area contributed by atoms with Gasteiger partial charge >= 0.3 is 0 Å². The van der Waals surface area contributed by atoms with Crippen LogP contribution in [0.5, 0.6) is 0 Å². The van der Waals surface area contributed by atoms with Crippen molar-refractivity contribution in [3.05, 3.63) is 65.9 Å². The predicted octanol–water partition coefficient (Wildman–Crippen LogP) is 3.30. The zero-order valence-corrected chi connectivity index (χ0v) is 11.4. The van der Waals surface area contributed by atoms with E-state index in [4.69, 9.17) is 0 Å². The Morgan fingerprint density at radius 1 is 1.05 bits per heavy atom.